The topological polar surface area (TPSA) is 58.4 Å². The molecule has 4 nitrogen and oxygen atoms in total. The Kier molecular flexibility index (Phi) is 4.87. The molecule has 0 saturated carbocycles. The van der Waals surface area contributed by atoms with Gasteiger partial charge < -0.3 is 5.73 Å². The van der Waals surface area contributed by atoms with Gasteiger partial charge in [-0.05, 0) is 74.5 Å². The zero-order chi connectivity index (χ0) is 17.3. The minimum atomic E-state index is -0.150. The number of thiophene rings is 1. The highest BCUT2D eigenvalue weighted by Gasteiger charge is 2.23. The van der Waals surface area contributed by atoms with Gasteiger partial charge in [-0.25, -0.2) is 5.01 Å². The number of rotatable bonds is 2. The van der Waals surface area contributed by atoms with Crippen molar-refractivity contribution < 1.29 is 4.79 Å². The molecule has 0 unspecified atom stereocenters. The number of anilines is 1. The number of thiocarbonyl (C=S) groups is 1. The van der Waals surface area contributed by atoms with Crippen molar-refractivity contribution in [1.82, 2.24) is 5.43 Å². The van der Waals surface area contributed by atoms with Crippen LogP contribution in [0.5, 0.6) is 0 Å². The van der Waals surface area contributed by atoms with Crippen LogP contribution in [0.4, 0.5) is 5.69 Å². The van der Waals surface area contributed by atoms with Gasteiger partial charge in [0.25, 0.3) is 5.91 Å². The first-order valence-electron chi connectivity index (χ1n) is 8.04. The first-order valence-corrected chi connectivity index (χ1v) is 9.33. The van der Waals surface area contributed by atoms with Gasteiger partial charge in [0.05, 0.1) is 11.3 Å². The molecule has 3 N–H and O–H groups in total. The highest BCUT2D eigenvalue weighted by atomic mass is 32.1. The third kappa shape index (κ3) is 3.30. The predicted molar refractivity (Wildman–Crippen MR) is 104 cm³/mol. The van der Waals surface area contributed by atoms with E-state index in [-0.39, 0.29) is 11.0 Å². The molecule has 0 radical (unpaired) electrons. The Labute approximate surface area is 151 Å². The van der Waals surface area contributed by atoms with E-state index in [2.05, 4.69) is 5.43 Å². The lowest BCUT2D eigenvalue weighted by molar-refractivity contribution is 0.0954. The van der Waals surface area contributed by atoms with E-state index in [0.29, 0.717) is 0 Å². The van der Waals surface area contributed by atoms with E-state index in [4.69, 9.17) is 18.0 Å². The van der Waals surface area contributed by atoms with Gasteiger partial charge in [0.15, 0.2) is 5.11 Å². The van der Waals surface area contributed by atoms with Crippen molar-refractivity contribution in [3.8, 4) is 0 Å². The molecule has 0 bridgehead atoms. The lowest BCUT2D eigenvalue weighted by Gasteiger charge is -2.25. The number of hydrogen-bond donors (Lipinski definition) is 2. The van der Waals surface area contributed by atoms with Crippen LogP contribution in [0, 0.1) is 13.8 Å². The monoisotopic (exact) mass is 359 g/mol. The predicted octanol–water partition coefficient (Wildman–Crippen LogP) is 3.64. The van der Waals surface area contributed by atoms with Crippen LogP contribution in [0.25, 0.3) is 0 Å². The molecule has 2 aromatic rings. The fraction of sp³-hybridized carbons (Fsp3) is 0.333. The molecule has 126 valence electrons. The number of hydrogen-bond acceptors (Lipinski definition) is 3. The van der Waals surface area contributed by atoms with Crippen molar-refractivity contribution >= 4 is 40.3 Å². The quantitative estimate of drug-likeness (QED) is 0.635. The number of carbonyl (C=O) groups excluding carboxylic acids is 1. The average molecular weight is 360 g/mol. The van der Waals surface area contributed by atoms with Crippen molar-refractivity contribution in [1.29, 1.82) is 0 Å². The van der Waals surface area contributed by atoms with Gasteiger partial charge in [-0.15, -0.1) is 11.3 Å². The van der Waals surface area contributed by atoms with E-state index in [1.807, 2.05) is 37.4 Å². The Hall–Kier alpha value is -1.92. The lowest BCUT2D eigenvalue weighted by atomic mass is 9.96. The molecular formula is C18H21N3OS2. The molecule has 0 spiro atoms. The van der Waals surface area contributed by atoms with Crippen molar-refractivity contribution in [2.75, 3.05) is 5.01 Å². The second kappa shape index (κ2) is 6.91. The molecular weight excluding hydrogens is 338 g/mol. The van der Waals surface area contributed by atoms with E-state index in [1.165, 1.54) is 21.9 Å². The van der Waals surface area contributed by atoms with E-state index in [0.717, 1.165) is 41.6 Å². The van der Waals surface area contributed by atoms with Crippen LogP contribution < -0.4 is 16.2 Å². The smallest absolute Gasteiger partial charge is 0.271 e. The van der Waals surface area contributed by atoms with Gasteiger partial charge in [0.1, 0.15) is 0 Å². The number of hydrazine groups is 1. The fourth-order valence-electron chi connectivity index (χ4n) is 3.04. The number of nitrogens with one attached hydrogen (secondary N) is 1. The van der Waals surface area contributed by atoms with Crippen LogP contribution >= 0.6 is 23.6 Å². The Morgan fingerprint density at radius 3 is 2.79 bits per heavy atom. The highest BCUT2D eigenvalue weighted by molar-refractivity contribution is 7.80. The summed E-state index contributed by atoms with van der Waals surface area (Å²) in [5.41, 5.74) is 13.6. The minimum Gasteiger partial charge on any atom is -0.374 e. The Morgan fingerprint density at radius 2 is 2.04 bits per heavy atom. The van der Waals surface area contributed by atoms with Crippen LogP contribution in [0.3, 0.4) is 0 Å². The zero-order valence-electron chi connectivity index (χ0n) is 13.9. The van der Waals surface area contributed by atoms with Crippen molar-refractivity contribution in [2.24, 2.45) is 5.73 Å². The van der Waals surface area contributed by atoms with E-state index in [1.54, 1.807) is 11.3 Å². The van der Waals surface area contributed by atoms with Gasteiger partial charge in [-0.2, -0.15) is 0 Å². The average Bonchev–Trinajstić information content (AvgIpc) is 2.99. The Bertz CT molecular complexity index is 798. The lowest BCUT2D eigenvalue weighted by Crippen LogP contribution is -2.49. The number of nitrogens with zero attached hydrogens (tertiary/aromatic N) is 1. The Morgan fingerprint density at radius 1 is 1.29 bits per heavy atom. The van der Waals surface area contributed by atoms with Crippen molar-refractivity contribution in [3.05, 3.63) is 50.7 Å². The number of carbonyl (C=O) groups is 1. The summed E-state index contributed by atoms with van der Waals surface area (Å²) in [6.07, 6.45) is 4.39. The molecule has 24 heavy (non-hydrogen) atoms. The second-order valence-corrected chi connectivity index (χ2v) is 7.55. The summed E-state index contributed by atoms with van der Waals surface area (Å²) in [5, 5.41) is 3.58. The van der Waals surface area contributed by atoms with Gasteiger partial charge in [-0.1, -0.05) is 12.1 Å². The molecule has 0 fully saturated rings. The van der Waals surface area contributed by atoms with Gasteiger partial charge >= 0.3 is 0 Å². The van der Waals surface area contributed by atoms with Gasteiger partial charge in [-0.3, -0.25) is 10.2 Å². The van der Waals surface area contributed by atoms with E-state index < -0.39 is 0 Å². The van der Waals surface area contributed by atoms with Crippen LogP contribution in [0.2, 0.25) is 0 Å². The summed E-state index contributed by atoms with van der Waals surface area (Å²) in [6, 6.07) is 5.99. The van der Waals surface area contributed by atoms with Crippen molar-refractivity contribution in [3.63, 3.8) is 0 Å². The SMILES string of the molecule is Cc1ccc(C)c(N(NC(=O)c2csc3c2CCCC3)C(N)=S)c1. The van der Waals surface area contributed by atoms with Crippen LogP contribution in [-0.4, -0.2) is 11.0 Å². The normalized spacial score (nSPS) is 13.2. The molecule has 0 aliphatic heterocycles. The minimum absolute atomic E-state index is 0.126. The number of fused-ring (bicyclic) bond motifs is 1. The van der Waals surface area contributed by atoms with E-state index >= 15 is 0 Å². The molecule has 1 heterocycles. The first kappa shape index (κ1) is 16.9. The summed E-state index contributed by atoms with van der Waals surface area (Å²) >= 11 is 6.84. The van der Waals surface area contributed by atoms with Gasteiger partial charge in [0, 0.05) is 10.3 Å². The summed E-state index contributed by atoms with van der Waals surface area (Å²) in [6.45, 7) is 3.97. The standard InChI is InChI=1S/C18H21N3OS2/c1-11-7-8-12(2)15(9-11)21(18(19)23)20-17(22)14-10-24-16-6-4-3-5-13(14)16/h7-10H,3-6H2,1-2H3,(H2,19,23)(H,20,22). The van der Waals surface area contributed by atoms with Crippen molar-refractivity contribution in [2.45, 2.75) is 39.5 Å². The first-order chi connectivity index (χ1) is 11.5. The maximum absolute atomic E-state index is 12.8. The molecule has 1 amide bonds. The maximum atomic E-state index is 12.8. The van der Waals surface area contributed by atoms with Crippen LogP contribution in [0.1, 0.15) is 44.8 Å². The number of benzene rings is 1. The molecule has 0 saturated heterocycles. The second-order valence-electron chi connectivity index (χ2n) is 6.16. The number of aryl methyl sites for hydroxylation is 3. The summed E-state index contributed by atoms with van der Waals surface area (Å²) in [4.78, 5) is 14.1. The molecule has 0 atom stereocenters. The summed E-state index contributed by atoms with van der Waals surface area (Å²) in [5.74, 6) is -0.150. The third-order valence-electron chi connectivity index (χ3n) is 4.35. The highest BCUT2D eigenvalue weighted by Crippen LogP contribution is 2.30. The van der Waals surface area contributed by atoms with Crippen LogP contribution in [-0.2, 0) is 12.8 Å². The number of nitrogens with two attached hydrogens (primary N) is 1. The summed E-state index contributed by atoms with van der Waals surface area (Å²) < 4.78 is 0. The van der Waals surface area contributed by atoms with Gasteiger partial charge in [0.2, 0.25) is 0 Å². The third-order valence-corrected chi connectivity index (χ3v) is 5.62. The zero-order valence-corrected chi connectivity index (χ0v) is 15.5. The molecule has 1 aliphatic rings. The largest absolute Gasteiger partial charge is 0.374 e. The summed E-state index contributed by atoms with van der Waals surface area (Å²) in [7, 11) is 0. The van der Waals surface area contributed by atoms with Crippen LogP contribution in [0.15, 0.2) is 23.6 Å². The van der Waals surface area contributed by atoms with E-state index in [9.17, 15) is 4.79 Å². The fourth-order valence-corrected chi connectivity index (χ4v) is 4.31. The number of amides is 1. The maximum Gasteiger partial charge on any atom is 0.271 e. The molecule has 1 aliphatic carbocycles. The Balaban J connectivity index is 1.89. The molecule has 6 heteroatoms. The molecule has 1 aromatic heterocycles. The molecule has 1 aromatic carbocycles. The molecule has 3 rings (SSSR count).